The summed E-state index contributed by atoms with van der Waals surface area (Å²) in [5, 5.41) is 0. The van der Waals surface area contributed by atoms with Crippen molar-refractivity contribution in [2.24, 2.45) is 7.05 Å². The predicted molar refractivity (Wildman–Crippen MR) is 56.5 cm³/mol. The van der Waals surface area contributed by atoms with Gasteiger partial charge in [0.25, 0.3) is 0 Å². The number of aromatic nitrogens is 2. The standard InChI is InChI=1S/C10H12BrN2/c1-3-13-7-12(2)9-5-4-8(11)6-10(9)13/h4-7H,3H2,1-2H3/q+1. The van der Waals surface area contributed by atoms with E-state index in [-0.39, 0.29) is 0 Å². The van der Waals surface area contributed by atoms with Crippen LogP contribution in [0.15, 0.2) is 29.0 Å². The van der Waals surface area contributed by atoms with Crippen molar-refractivity contribution in [3.63, 3.8) is 0 Å². The van der Waals surface area contributed by atoms with Crippen LogP contribution in [-0.2, 0) is 13.6 Å². The maximum absolute atomic E-state index is 3.48. The van der Waals surface area contributed by atoms with Crippen molar-refractivity contribution in [1.29, 1.82) is 0 Å². The van der Waals surface area contributed by atoms with Crippen molar-refractivity contribution in [2.45, 2.75) is 13.5 Å². The van der Waals surface area contributed by atoms with E-state index < -0.39 is 0 Å². The van der Waals surface area contributed by atoms with Crippen molar-refractivity contribution in [3.05, 3.63) is 29.0 Å². The number of rotatable bonds is 1. The Morgan fingerprint density at radius 2 is 2.23 bits per heavy atom. The topological polar surface area (TPSA) is 8.81 Å². The minimum atomic E-state index is 1.01. The van der Waals surface area contributed by atoms with E-state index in [1.165, 1.54) is 11.0 Å². The lowest BCUT2D eigenvalue weighted by Crippen LogP contribution is -2.25. The molecule has 0 bridgehead atoms. The maximum atomic E-state index is 3.48. The molecule has 0 atom stereocenters. The smallest absolute Gasteiger partial charge is 0.233 e. The second kappa shape index (κ2) is 3.14. The van der Waals surface area contributed by atoms with E-state index in [0.717, 1.165) is 11.0 Å². The zero-order chi connectivity index (χ0) is 9.42. The summed E-state index contributed by atoms with van der Waals surface area (Å²) in [6.45, 7) is 3.16. The van der Waals surface area contributed by atoms with Gasteiger partial charge in [-0.3, -0.25) is 0 Å². The predicted octanol–water partition coefficient (Wildman–Crippen LogP) is 2.25. The largest absolute Gasteiger partial charge is 0.244 e. The van der Waals surface area contributed by atoms with Crippen LogP contribution in [0.5, 0.6) is 0 Å². The highest BCUT2D eigenvalue weighted by Crippen LogP contribution is 2.17. The summed E-state index contributed by atoms with van der Waals surface area (Å²) < 4.78 is 5.51. The average molecular weight is 240 g/mol. The Hall–Kier alpha value is -0.830. The van der Waals surface area contributed by atoms with Gasteiger partial charge in [-0.05, 0) is 19.1 Å². The molecule has 3 heteroatoms. The number of imidazole rings is 1. The van der Waals surface area contributed by atoms with Gasteiger partial charge in [0.2, 0.25) is 6.33 Å². The molecule has 0 amide bonds. The quantitative estimate of drug-likeness (QED) is 0.676. The monoisotopic (exact) mass is 239 g/mol. The Morgan fingerprint density at radius 3 is 2.92 bits per heavy atom. The Kier molecular flexibility index (Phi) is 2.12. The van der Waals surface area contributed by atoms with Gasteiger partial charge in [0.1, 0.15) is 0 Å². The molecule has 0 aliphatic carbocycles. The first-order valence-corrected chi connectivity index (χ1v) is 5.15. The van der Waals surface area contributed by atoms with Crippen molar-refractivity contribution in [1.82, 2.24) is 4.57 Å². The lowest BCUT2D eigenvalue weighted by Gasteiger charge is -1.91. The molecule has 0 fully saturated rings. The molecule has 2 rings (SSSR count). The van der Waals surface area contributed by atoms with E-state index in [1.807, 2.05) is 0 Å². The highest BCUT2D eigenvalue weighted by molar-refractivity contribution is 9.10. The first kappa shape index (κ1) is 8.75. The van der Waals surface area contributed by atoms with Crippen LogP contribution in [0.25, 0.3) is 11.0 Å². The highest BCUT2D eigenvalue weighted by atomic mass is 79.9. The van der Waals surface area contributed by atoms with Crippen LogP contribution in [0, 0.1) is 0 Å². The van der Waals surface area contributed by atoms with Gasteiger partial charge in [-0.25, -0.2) is 9.13 Å². The van der Waals surface area contributed by atoms with Crippen molar-refractivity contribution >= 4 is 27.0 Å². The molecule has 13 heavy (non-hydrogen) atoms. The summed E-state index contributed by atoms with van der Waals surface area (Å²) in [6, 6.07) is 6.35. The zero-order valence-electron chi connectivity index (χ0n) is 7.79. The van der Waals surface area contributed by atoms with E-state index >= 15 is 0 Å². The van der Waals surface area contributed by atoms with Crippen LogP contribution in [0.4, 0.5) is 0 Å². The second-order valence-electron chi connectivity index (χ2n) is 3.15. The van der Waals surface area contributed by atoms with Crippen LogP contribution < -0.4 is 4.57 Å². The first-order chi connectivity index (χ1) is 6.22. The van der Waals surface area contributed by atoms with Gasteiger partial charge in [0.15, 0.2) is 11.0 Å². The van der Waals surface area contributed by atoms with E-state index in [0.29, 0.717) is 0 Å². The number of aryl methyl sites for hydroxylation is 2. The average Bonchev–Trinajstić information content (AvgIpc) is 2.42. The molecule has 0 aliphatic rings. The molecule has 0 saturated carbocycles. The first-order valence-electron chi connectivity index (χ1n) is 4.36. The van der Waals surface area contributed by atoms with Crippen LogP contribution in [0.1, 0.15) is 6.92 Å². The number of benzene rings is 1. The molecule has 0 radical (unpaired) electrons. The Labute approximate surface area is 85.9 Å². The minimum absolute atomic E-state index is 1.01. The molecular weight excluding hydrogens is 228 g/mol. The molecule has 1 aromatic heterocycles. The zero-order valence-corrected chi connectivity index (χ0v) is 9.37. The summed E-state index contributed by atoms with van der Waals surface area (Å²) in [5.74, 6) is 0. The molecule has 2 aromatic rings. The lowest BCUT2D eigenvalue weighted by atomic mass is 10.3. The number of fused-ring (bicyclic) bond motifs is 1. The highest BCUT2D eigenvalue weighted by Gasteiger charge is 2.10. The van der Waals surface area contributed by atoms with E-state index in [4.69, 9.17) is 0 Å². The van der Waals surface area contributed by atoms with E-state index in [9.17, 15) is 0 Å². The SMILES string of the molecule is CCn1c[n+](C)c2ccc(Br)cc21. The second-order valence-corrected chi connectivity index (χ2v) is 4.06. The van der Waals surface area contributed by atoms with Gasteiger partial charge in [0, 0.05) is 10.5 Å². The molecule has 0 unspecified atom stereocenters. The summed E-state index contributed by atoms with van der Waals surface area (Å²) in [5.41, 5.74) is 2.55. The Balaban J connectivity index is 2.81. The number of hydrogen-bond donors (Lipinski definition) is 0. The molecule has 68 valence electrons. The van der Waals surface area contributed by atoms with Crippen LogP contribution >= 0.6 is 15.9 Å². The fourth-order valence-corrected chi connectivity index (χ4v) is 1.96. The number of hydrogen-bond acceptors (Lipinski definition) is 0. The van der Waals surface area contributed by atoms with E-state index in [1.54, 1.807) is 0 Å². The minimum Gasteiger partial charge on any atom is -0.233 e. The number of halogens is 1. The molecule has 1 heterocycles. The van der Waals surface area contributed by atoms with E-state index in [2.05, 4.69) is 63.6 Å². The summed E-state index contributed by atoms with van der Waals surface area (Å²) in [4.78, 5) is 0. The summed E-state index contributed by atoms with van der Waals surface area (Å²) in [7, 11) is 2.07. The van der Waals surface area contributed by atoms with Gasteiger partial charge in [0.05, 0.1) is 13.6 Å². The maximum Gasteiger partial charge on any atom is 0.244 e. The third kappa shape index (κ3) is 1.37. The lowest BCUT2D eigenvalue weighted by molar-refractivity contribution is -0.645. The van der Waals surface area contributed by atoms with Crippen molar-refractivity contribution in [3.8, 4) is 0 Å². The van der Waals surface area contributed by atoms with Gasteiger partial charge < -0.3 is 0 Å². The van der Waals surface area contributed by atoms with Gasteiger partial charge >= 0.3 is 0 Å². The van der Waals surface area contributed by atoms with Crippen LogP contribution in [0.2, 0.25) is 0 Å². The normalized spacial score (nSPS) is 11.0. The third-order valence-electron chi connectivity index (χ3n) is 2.28. The van der Waals surface area contributed by atoms with Gasteiger partial charge in [-0.2, -0.15) is 0 Å². The van der Waals surface area contributed by atoms with Crippen LogP contribution in [0.3, 0.4) is 0 Å². The molecule has 1 aromatic carbocycles. The molecule has 0 aliphatic heterocycles. The molecular formula is C10H12BrN2+. The Morgan fingerprint density at radius 1 is 1.46 bits per heavy atom. The van der Waals surface area contributed by atoms with Crippen molar-refractivity contribution in [2.75, 3.05) is 0 Å². The van der Waals surface area contributed by atoms with Gasteiger partial charge in [-0.15, -0.1) is 0 Å². The fraction of sp³-hybridized carbons (Fsp3) is 0.300. The summed E-state index contributed by atoms with van der Waals surface area (Å²) in [6.07, 6.45) is 2.12. The Bertz CT molecular complexity index is 445. The molecule has 0 spiro atoms. The third-order valence-corrected chi connectivity index (χ3v) is 2.77. The summed E-state index contributed by atoms with van der Waals surface area (Å²) >= 11 is 3.48. The van der Waals surface area contributed by atoms with Gasteiger partial charge in [-0.1, -0.05) is 15.9 Å². The van der Waals surface area contributed by atoms with Crippen molar-refractivity contribution < 1.29 is 4.57 Å². The van der Waals surface area contributed by atoms with Crippen LogP contribution in [-0.4, -0.2) is 4.57 Å². The number of nitrogens with zero attached hydrogens (tertiary/aromatic N) is 2. The molecule has 0 N–H and O–H groups in total. The molecule has 2 nitrogen and oxygen atoms in total. The molecule has 0 saturated heterocycles. The fourth-order valence-electron chi connectivity index (χ4n) is 1.61.